The third kappa shape index (κ3) is 1.96. The maximum Gasteiger partial charge on any atom is 0.158 e. The van der Waals surface area contributed by atoms with Gasteiger partial charge >= 0.3 is 0 Å². The van der Waals surface area contributed by atoms with Crippen LogP contribution in [0.25, 0.3) is 0 Å². The number of fused-ring (bicyclic) bond motifs is 5. The maximum atomic E-state index is 10.7. The van der Waals surface area contributed by atoms with E-state index in [1.54, 1.807) is 0 Å². The van der Waals surface area contributed by atoms with Crippen LogP contribution in [-0.2, 0) is 4.74 Å². The topological polar surface area (TPSA) is 49.7 Å². The van der Waals surface area contributed by atoms with E-state index in [9.17, 15) is 10.2 Å². The highest BCUT2D eigenvalue weighted by Gasteiger charge is 2.60. The lowest BCUT2D eigenvalue weighted by Crippen LogP contribution is -2.53. The average Bonchev–Trinajstić information content (AvgIpc) is 2.72. The van der Waals surface area contributed by atoms with Crippen LogP contribution in [0.5, 0.6) is 0 Å². The van der Waals surface area contributed by atoms with E-state index in [4.69, 9.17) is 4.74 Å². The molecule has 0 unspecified atom stereocenters. The second kappa shape index (κ2) is 5.05. The zero-order valence-electron chi connectivity index (χ0n) is 13.5. The van der Waals surface area contributed by atoms with E-state index in [1.165, 1.54) is 12.0 Å². The van der Waals surface area contributed by atoms with E-state index in [-0.39, 0.29) is 21.8 Å². The number of ether oxygens (including phenoxy) is 1. The molecular formula is C18H27BrO3. The van der Waals surface area contributed by atoms with Crippen LogP contribution in [0.2, 0.25) is 0 Å². The molecule has 2 saturated carbocycles. The van der Waals surface area contributed by atoms with Crippen LogP contribution in [0.3, 0.4) is 0 Å². The lowest BCUT2D eigenvalue weighted by molar-refractivity contribution is -0.168. The molecule has 8 atom stereocenters. The van der Waals surface area contributed by atoms with Crippen molar-refractivity contribution in [1.82, 2.24) is 0 Å². The van der Waals surface area contributed by atoms with Gasteiger partial charge in [-0.15, -0.1) is 0 Å². The number of hydrogen-bond acceptors (Lipinski definition) is 3. The number of halogens is 1. The highest BCUT2D eigenvalue weighted by Crippen LogP contribution is 2.64. The summed E-state index contributed by atoms with van der Waals surface area (Å²) in [5.41, 5.74) is 1.55. The normalized spacial score (nSPS) is 57.6. The molecule has 2 N–H and O–H groups in total. The molecule has 1 heterocycles. The Morgan fingerprint density at radius 2 is 2.05 bits per heavy atom. The molecule has 124 valence electrons. The van der Waals surface area contributed by atoms with Gasteiger partial charge in [-0.1, -0.05) is 41.4 Å². The minimum Gasteiger partial charge on any atom is -0.391 e. The molecule has 0 aromatic carbocycles. The van der Waals surface area contributed by atoms with Crippen LogP contribution < -0.4 is 0 Å². The van der Waals surface area contributed by atoms with Gasteiger partial charge in [0.05, 0.1) is 12.7 Å². The van der Waals surface area contributed by atoms with Gasteiger partial charge in [0.15, 0.2) is 6.29 Å². The van der Waals surface area contributed by atoms with E-state index in [2.05, 4.69) is 35.9 Å². The summed E-state index contributed by atoms with van der Waals surface area (Å²) >= 11 is 3.71. The van der Waals surface area contributed by atoms with E-state index in [1.807, 2.05) is 0 Å². The number of alkyl halides is 1. The van der Waals surface area contributed by atoms with E-state index >= 15 is 0 Å². The summed E-state index contributed by atoms with van der Waals surface area (Å²) in [6.45, 7) is 5.27. The smallest absolute Gasteiger partial charge is 0.158 e. The number of aliphatic hydroxyl groups is 2. The molecule has 0 aromatic rings. The van der Waals surface area contributed by atoms with Crippen molar-refractivity contribution < 1.29 is 14.9 Å². The molecule has 0 spiro atoms. The zero-order valence-corrected chi connectivity index (χ0v) is 15.1. The van der Waals surface area contributed by atoms with Crippen LogP contribution in [0, 0.1) is 28.6 Å². The van der Waals surface area contributed by atoms with Gasteiger partial charge in [-0.2, -0.15) is 0 Å². The molecule has 22 heavy (non-hydrogen) atoms. The Morgan fingerprint density at radius 1 is 1.27 bits per heavy atom. The molecule has 1 aliphatic heterocycles. The SMILES string of the molecule is C[C@]12CC[C@H]3[C@@H](CC=C4C[C@H](O)OC[C@@]43C)[C@@H]1C[C@@H](Br)[C@@H]2O. The lowest BCUT2D eigenvalue weighted by atomic mass is 9.50. The molecule has 0 amide bonds. The number of hydrogen-bond donors (Lipinski definition) is 2. The fraction of sp³-hybridized carbons (Fsp3) is 0.889. The Bertz CT molecular complexity index is 507. The first-order chi connectivity index (χ1) is 10.4. The van der Waals surface area contributed by atoms with Crippen molar-refractivity contribution in [2.45, 2.75) is 63.2 Å². The Kier molecular flexibility index (Phi) is 3.58. The number of rotatable bonds is 0. The molecule has 3 nitrogen and oxygen atoms in total. The standard InChI is InChI=1S/C18H27BrO3/c1-17-6-5-12-11(13(17)8-14(19)16(17)21)4-3-10-7-15(20)22-9-18(10,12)2/h3,11-16,20-21H,4-9H2,1-2H3/t11-,12+,13+,14-,15-,16+,17+,18+/m1/s1. The van der Waals surface area contributed by atoms with Crippen molar-refractivity contribution in [2.24, 2.45) is 28.6 Å². The fourth-order valence-corrected chi connectivity index (χ4v) is 7.14. The predicted octanol–water partition coefficient (Wildman–Crippen LogP) is 3.24. The minimum atomic E-state index is -0.620. The summed E-state index contributed by atoms with van der Waals surface area (Å²) in [4.78, 5) is 0.240. The van der Waals surface area contributed by atoms with Crippen LogP contribution >= 0.6 is 15.9 Å². The van der Waals surface area contributed by atoms with Crippen LogP contribution in [0.15, 0.2) is 11.6 Å². The molecule has 4 aliphatic rings. The number of aliphatic hydroxyl groups excluding tert-OH is 2. The molecule has 4 heteroatoms. The van der Waals surface area contributed by atoms with Gasteiger partial charge in [0, 0.05) is 16.7 Å². The van der Waals surface area contributed by atoms with E-state index < -0.39 is 6.29 Å². The van der Waals surface area contributed by atoms with Crippen molar-refractivity contribution in [1.29, 1.82) is 0 Å². The molecule has 3 fully saturated rings. The second-order valence-corrected chi connectivity index (χ2v) is 9.65. The summed E-state index contributed by atoms with van der Waals surface area (Å²) in [5, 5.41) is 20.5. The first kappa shape index (κ1) is 15.6. The first-order valence-electron chi connectivity index (χ1n) is 8.67. The van der Waals surface area contributed by atoms with Crippen LogP contribution in [-0.4, -0.2) is 34.0 Å². The molecular weight excluding hydrogens is 344 g/mol. The van der Waals surface area contributed by atoms with Crippen molar-refractivity contribution in [3.05, 3.63) is 11.6 Å². The fourth-order valence-electron chi connectivity index (χ4n) is 6.13. The highest BCUT2D eigenvalue weighted by molar-refractivity contribution is 9.09. The van der Waals surface area contributed by atoms with E-state index in [0.29, 0.717) is 30.8 Å². The molecule has 4 rings (SSSR count). The van der Waals surface area contributed by atoms with Crippen molar-refractivity contribution >= 4 is 15.9 Å². The van der Waals surface area contributed by atoms with Gasteiger partial charge in [0.2, 0.25) is 0 Å². The summed E-state index contributed by atoms with van der Waals surface area (Å²) in [6, 6.07) is 0. The molecule has 3 aliphatic carbocycles. The zero-order chi connectivity index (χ0) is 15.7. The quantitative estimate of drug-likeness (QED) is 0.508. The summed E-state index contributed by atoms with van der Waals surface area (Å²) < 4.78 is 5.63. The summed E-state index contributed by atoms with van der Waals surface area (Å²) in [5.74, 6) is 1.86. The first-order valence-corrected chi connectivity index (χ1v) is 9.59. The number of allylic oxidation sites excluding steroid dienone is 1. The van der Waals surface area contributed by atoms with Gasteiger partial charge in [0.25, 0.3) is 0 Å². The van der Waals surface area contributed by atoms with Crippen molar-refractivity contribution in [3.8, 4) is 0 Å². The third-order valence-electron chi connectivity index (χ3n) is 7.53. The Balaban J connectivity index is 1.68. The van der Waals surface area contributed by atoms with Gasteiger partial charge in [-0.3, -0.25) is 0 Å². The molecule has 1 saturated heterocycles. The molecule has 0 radical (unpaired) electrons. The van der Waals surface area contributed by atoms with Gasteiger partial charge in [-0.05, 0) is 48.9 Å². The average molecular weight is 371 g/mol. The van der Waals surface area contributed by atoms with Crippen LogP contribution in [0.1, 0.15) is 46.0 Å². The van der Waals surface area contributed by atoms with Crippen LogP contribution in [0.4, 0.5) is 0 Å². The second-order valence-electron chi connectivity index (χ2n) is 8.47. The Morgan fingerprint density at radius 3 is 2.82 bits per heavy atom. The molecule has 0 bridgehead atoms. The Labute approximate surface area is 141 Å². The maximum absolute atomic E-state index is 10.7. The lowest BCUT2D eigenvalue weighted by Gasteiger charge is -2.57. The van der Waals surface area contributed by atoms with Crippen molar-refractivity contribution in [2.75, 3.05) is 6.61 Å². The monoisotopic (exact) mass is 370 g/mol. The van der Waals surface area contributed by atoms with Gasteiger partial charge in [-0.25, -0.2) is 0 Å². The van der Waals surface area contributed by atoms with Crippen molar-refractivity contribution in [3.63, 3.8) is 0 Å². The minimum absolute atomic E-state index is 0.0616. The largest absolute Gasteiger partial charge is 0.391 e. The van der Waals surface area contributed by atoms with Gasteiger partial charge in [0.1, 0.15) is 0 Å². The van der Waals surface area contributed by atoms with Gasteiger partial charge < -0.3 is 14.9 Å². The Hall–Kier alpha value is 0.100. The van der Waals surface area contributed by atoms with E-state index in [0.717, 1.165) is 19.3 Å². The molecule has 0 aromatic heterocycles. The highest BCUT2D eigenvalue weighted by atomic mass is 79.9. The predicted molar refractivity (Wildman–Crippen MR) is 88.5 cm³/mol. The third-order valence-corrected chi connectivity index (χ3v) is 8.41. The summed E-state index contributed by atoms with van der Waals surface area (Å²) in [7, 11) is 0. The summed E-state index contributed by atoms with van der Waals surface area (Å²) in [6.07, 6.45) is 6.68.